The molecule has 0 bridgehead atoms. The van der Waals surface area contributed by atoms with Crippen molar-refractivity contribution in [2.45, 2.75) is 96.2 Å². The first-order valence-electron chi connectivity index (χ1n) is 8.93. The van der Waals surface area contributed by atoms with E-state index in [1.165, 1.54) is 25.7 Å². The van der Waals surface area contributed by atoms with Gasteiger partial charge in [0.2, 0.25) is 0 Å². The summed E-state index contributed by atoms with van der Waals surface area (Å²) in [5, 5.41) is 8.58. The van der Waals surface area contributed by atoms with Crippen LogP contribution in [0.15, 0.2) is 0 Å². The monoisotopic (exact) mass is 316 g/mol. The first-order valence-corrected chi connectivity index (χ1v) is 8.93. The van der Waals surface area contributed by atoms with E-state index >= 15 is 0 Å². The molecule has 4 heteroatoms. The van der Waals surface area contributed by atoms with Crippen LogP contribution in [-0.2, 0) is 14.3 Å². The Labute approximate surface area is 136 Å². The van der Waals surface area contributed by atoms with Gasteiger partial charge in [0.15, 0.2) is 0 Å². The van der Waals surface area contributed by atoms with E-state index in [0.29, 0.717) is 6.42 Å². The van der Waals surface area contributed by atoms with Crippen LogP contribution in [0.5, 0.6) is 0 Å². The predicted octanol–water partition coefficient (Wildman–Crippen LogP) is 4.80. The van der Waals surface area contributed by atoms with Crippen molar-refractivity contribution in [3.8, 4) is 0 Å². The number of ether oxygens (including phenoxy) is 2. The lowest BCUT2D eigenvalue weighted by molar-refractivity contribution is -0.137. The molecule has 0 rings (SSSR count). The number of hydrogen-bond donors (Lipinski definition) is 1. The molecule has 0 saturated heterocycles. The molecule has 0 aromatic heterocycles. The highest BCUT2D eigenvalue weighted by Crippen LogP contribution is 2.18. The van der Waals surface area contributed by atoms with E-state index in [9.17, 15) is 4.79 Å². The molecular formula is C18H36O4. The Balaban J connectivity index is 3.75. The SMILES string of the molecule is CCCCCCC(OC)C(CCCCCCCC(=O)O)OC. The molecule has 0 aliphatic heterocycles. The van der Waals surface area contributed by atoms with Crippen LogP contribution in [0.4, 0.5) is 0 Å². The van der Waals surface area contributed by atoms with Crippen molar-refractivity contribution in [3.05, 3.63) is 0 Å². The van der Waals surface area contributed by atoms with Crippen molar-refractivity contribution in [2.75, 3.05) is 14.2 Å². The van der Waals surface area contributed by atoms with Crippen molar-refractivity contribution in [2.24, 2.45) is 0 Å². The molecule has 0 amide bonds. The fraction of sp³-hybridized carbons (Fsp3) is 0.944. The summed E-state index contributed by atoms with van der Waals surface area (Å²) in [5.41, 5.74) is 0. The highest BCUT2D eigenvalue weighted by atomic mass is 16.5. The molecule has 0 aliphatic carbocycles. The molecule has 2 atom stereocenters. The van der Waals surface area contributed by atoms with Gasteiger partial charge in [-0.15, -0.1) is 0 Å². The van der Waals surface area contributed by atoms with Gasteiger partial charge in [0.25, 0.3) is 0 Å². The third-order valence-corrected chi connectivity index (χ3v) is 4.24. The van der Waals surface area contributed by atoms with Crippen LogP contribution in [0.25, 0.3) is 0 Å². The van der Waals surface area contributed by atoms with Gasteiger partial charge >= 0.3 is 5.97 Å². The van der Waals surface area contributed by atoms with Crippen molar-refractivity contribution in [1.82, 2.24) is 0 Å². The van der Waals surface area contributed by atoms with Crippen LogP contribution in [0.3, 0.4) is 0 Å². The largest absolute Gasteiger partial charge is 0.481 e. The van der Waals surface area contributed by atoms with Crippen molar-refractivity contribution in [3.63, 3.8) is 0 Å². The number of aliphatic carboxylic acids is 1. The Morgan fingerprint density at radius 3 is 1.73 bits per heavy atom. The lowest BCUT2D eigenvalue weighted by Crippen LogP contribution is -2.30. The van der Waals surface area contributed by atoms with Crippen LogP contribution < -0.4 is 0 Å². The third-order valence-electron chi connectivity index (χ3n) is 4.24. The second kappa shape index (κ2) is 15.3. The fourth-order valence-corrected chi connectivity index (χ4v) is 2.84. The summed E-state index contributed by atoms with van der Waals surface area (Å²) in [4.78, 5) is 10.4. The van der Waals surface area contributed by atoms with Crippen molar-refractivity contribution < 1.29 is 19.4 Å². The van der Waals surface area contributed by atoms with E-state index in [-0.39, 0.29) is 12.2 Å². The van der Waals surface area contributed by atoms with Crippen molar-refractivity contribution >= 4 is 5.97 Å². The average Bonchev–Trinajstić information content (AvgIpc) is 2.51. The van der Waals surface area contributed by atoms with Crippen LogP contribution in [-0.4, -0.2) is 37.5 Å². The summed E-state index contributed by atoms with van der Waals surface area (Å²) in [6, 6.07) is 0. The van der Waals surface area contributed by atoms with Crippen LogP contribution in [0, 0.1) is 0 Å². The molecule has 0 heterocycles. The summed E-state index contributed by atoms with van der Waals surface area (Å²) < 4.78 is 11.2. The van der Waals surface area contributed by atoms with E-state index < -0.39 is 5.97 Å². The minimum Gasteiger partial charge on any atom is -0.481 e. The molecule has 4 nitrogen and oxygen atoms in total. The molecule has 0 radical (unpaired) electrons. The van der Waals surface area contributed by atoms with E-state index in [1.807, 2.05) is 0 Å². The molecule has 0 spiro atoms. The number of carboxylic acids is 1. The Morgan fingerprint density at radius 2 is 1.27 bits per heavy atom. The normalized spacial score (nSPS) is 14.0. The van der Waals surface area contributed by atoms with Crippen LogP contribution in [0.2, 0.25) is 0 Å². The Bertz CT molecular complexity index is 255. The second-order valence-corrected chi connectivity index (χ2v) is 6.10. The van der Waals surface area contributed by atoms with Gasteiger partial charge in [-0.1, -0.05) is 58.3 Å². The molecule has 0 saturated carbocycles. The highest BCUT2D eigenvalue weighted by molar-refractivity contribution is 5.66. The predicted molar refractivity (Wildman–Crippen MR) is 90.3 cm³/mol. The standard InChI is InChI=1S/C18H36O4/c1-4-5-6-10-13-16(21-2)17(22-3)14-11-8-7-9-12-15-18(19)20/h16-17H,4-15H2,1-3H3,(H,19,20). The number of methoxy groups -OCH3 is 2. The van der Waals surface area contributed by atoms with E-state index in [0.717, 1.165) is 44.9 Å². The van der Waals surface area contributed by atoms with E-state index in [1.54, 1.807) is 14.2 Å². The lowest BCUT2D eigenvalue weighted by atomic mass is 9.99. The Hall–Kier alpha value is -0.610. The quantitative estimate of drug-likeness (QED) is 0.415. The molecule has 0 aliphatic rings. The Kier molecular flexibility index (Phi) is 14.9. The molecule has 2 unspecified atom stereocenters. The topological polar surface area (TPSA) is 55.8 Å². The minimum absolute atomic E-state index is 0.186. The molecule has 0 aromatic carbocycles. The maximum atomic E-state index is 10.4. The maximum Gasteiger partial charge on any atom is 0.303 e. The summed E-state index contributed by atoms with van der Waals surface area (Å²) in [5.74, 6) is -0.689. The molecule has 22 heavy (non-hydrogen) atoms. The summed E-state index contributed by atoms with van der Waals surface area (Å²) >= 11 is 0. The van der Waals surface area contributed by atoms with Crippen LogP contribution >= 0.6 is 0 Å². The molecule has 0 fully saturated rings. The zero-order valence-electron chi connectivity index (χ0n) is 14.8. The number of carboxylic acid groups (broad SMARTS) is 1. The maximum absolute atomic E-state index is 10.4. The zero-order valence-corrected chi connectivity index (χ0v) is 14.8. The number of hydrogen-bond acceptors (Lipinski definition) is 3. The molecule has 132 valence electrons. The summed E-state index contributed by atoms with van der Waals surface area (Å²) in [7, 11) is 3.55. The zero-order chi connectivity index (χ0) is 16.6. The average molecular weight is 316 g/mol. The summed E-state index contributed by atoms with van der Waals surface area (Å²) in [6.45, 7) is 2.22. The fourth-order valence-electron chi connectivity index (χ4n) is 2.84. The molecule has 1 N–H and O–H groups in total. The smallest absolute Gasteiger partial charge is 0.303 e. The number of carbonyl (C=O) groups is 1. The van der Waals surface area contributed by atoms with Gasteiger partial charge in [-0.3, -0.25) is 4.79 Å². The Morgan fingerprint density at radius 1 is 0.818 bits per heavy atom. The molecule has 0 aromatic rings. The van der Waals surface area contributed by atoms with Gasteiger partial charge in [0.1, 0.15) is 0 Å². The van der Waals surface area contributed by atoms with Gasteiger partial charge < -0.3 is 14.6 Å². The van der Waals surface area contributed by atoms with Gasteiger partial charge in [-0.05, 0) is 19.3 Å². The second-order valence-electron chi connectivity index (χ2n) is 6.10. The number of rotatable bonds is 16. The van der Waals surface area contributed by atoms with Gasteiger partial charge in [-0.25, -0.2) is 0 Å². The van der Waals surface area contributed by atoms with E-state index in [2.05, 4.69) is 6.92 Å². The van der Waals surface area contributed by atoms with Crippen molar-refractivity contribution in [1.29, 1.82) is 0 Å². The minimum atomic E-state index is -0.689. The van der Waals surface area contributed by atoms with Gasteiger partial charge in [-0.2, -0.15) is 0 Å². The first-order chi connectivity index (χ1) is 10.7. The van der Waals surface area contributed by atoms with Gasteiger partial charge in [0.05, 0.1) is 12.2 Å². The lowest BCUT2D eigenvalue weighted by Gasteiger charge is -2.25. The van der Waals surface area contributed by atoms with Crippen LogP contribution in [0.1, 0.15) is 84.0 Å². The number of unbranched alkanes of at least 4 members (excludes halogenated alkanes) is 7. The van der Waals surface area contributed by atoms with Gasteiger partial charge in [0, 0.05) is 20.6 Å². The third kappa shape index (κ3) is 12.0. The van der Waals surface area contributed by atoms with E-state index in [4.69, 9.17) is 14.6 Å². The molecular weight excluding hydrogens is 280 g/mol. The first kappa shape index (κ1) is 21.4. The highest BCUT2D eigenvalue weighted by Gasteiger charge is 2.19. The summed E-state index contributed by atoms with van der Waals surface area (Å²) in [6.07, 6.45) is 13.0.